The van der Waals surface area contributed by atoms with Crippen molar-refractivity contribution in [3.05, 3.63) is 0 Å². The second-order valence-corrected chi connectivity index (χ2v) is 2.63. The van der Waals surface area contributed by atoms with Crippen LogP contribution in [0.3, 0.4) is 0 Å². The van der Waals surface area contributed by atoms with Crippen LogP contribution in [0.15, 0.2) is 0 Å². The molecule has 0 radical (unpaired) electrons. The van der Waals surface area contributed by atoms with Crippen LogP contribution in [-0.2, 0) is 4.79 Å². The molecule has 0 aliphatic carbocycles. The van der Waals surface area contributed by atoms with Gasteiger partial charge in [-0.2, -0.15) is 0 Å². The van der Waals surface area contributed by atoms with Crippen molar-refractivity contribution in [3.63, 3.8) is 0 Å². The zero-order valence-electron chi connectivity index (χ0n) is 7.13. The Labute approximate surface area is 67.2 Å². The predicted molar refractivity (Wildman–Crippen MR) is 43.3 cm³/mol. The third-order valence-electron chi connectivity index (χ3n) is 1.22. The zero-order chi connectivity index (χ0) is 8.69. The van der Waals surface area contributed by atoms with E-state index in [0.29, 0.717) is 6.54 Å². The summed E-state index contributed by atoms with van der Waals surface area (Å²) in [7, 11) is 3.89. The smallest absolute Gasteiger partial charge is 0.222 e. The lowest BCUT2D eigenvalue weighted by Gasteiger charge is -2.09. The van der Waals surface area contributed by atoms with Crippen molar-refractivity contribution in [1.29, 1.82) is 0 Å². The maximum absolute atomic E-state index is 10.7. The minimum atomic E-state index is -0.0886. The zero-order valence-corrected chi connectivity index (χ0v) is 7.13. The number of nitrogens with zero attached hydrogens (tertiary/aromatic N) is 1. The Balaban J connectivity index is 3.17. The highest BCUT2D eigenvalue weighted by molar-refractivity contribution is 5.75. The summed E-state index contributed by atoms with van der Waals surface area (Å²) in [6.07, 6.45) is 0.202. The first-order valence-electron chi connectivity index (χ1n) is 3.69. The van der Waals surface area contributed by atoms with E-state index in [1.54, 1.807) is 0 Å². The van der Waals surface area contributed by atoms with Gasteiger partial charge in [0, 0.05) is 19.5 Å². The molecule has 0 aromatic rings. The third-order valence-corrected chi connectivity index (χ3v) is 1.22. The van der Waals surface area contributed by atoms with E-state index in [4.69, 9.17) is 5.11 Å². The molecule has 11 heavy (non-hydrogen) atoms. The van der Waals surface area contributed by atoms with Crippen molar-refractivity contribution in [2.75, 3.05) is 33.8 Å². The lowest BCUT2D eigenvalue weighted by atomic mass is 10.4. The molecule has 0 aliphatic rings. The number of aliphatic hydroxyl groups excluding tert-OH is 1. The SMILES string of the molecule is CN(C)CCNC(=O)CCO. The molecule has 0 unspecified atom stereocenters. The monoisotopic (exact) mass is 160 g/mol. The fourth-order valence-corrected chi connectivity index (χ4v) is 0.609. The molecule has 0 saturated carbocycles. The summed E-state index contributed by atoms with van der Waals surface area (Å²) in [6.45, 7) is 1.40. The van der Waals surface area contributed by atoms with Gasteiger partial charge < -0.3 is 15.3 Å². The molecular formula is C7H16N2O2. The lowest BCUT2D eigenvalue weighted by Crippen LogP contribution is -2.31. The van der Waals surface area contributed by atoms with E-state index in [1.165, 1.54) is 0 Å². The minimum Gasteiger partial charge on any atom is -0.396 e. The Kier molecular flexibility index (Phi) is 5.78. The van der Waals surface area contributed by atoms with Crippen molar-refractivity contribution in [2.45, 2.75) is 6.42 Å². The van der Waals surface area contributed by atoms with Gasteiger partial charge in [-0.05, 0) is 14.1 Å². The van der Waals surface area contributed by atoms with Gasteiger partial charge >= 0.3 is 0 Å². The lowest BCUT2D eigenvalue weighted by molar-refractivity contribution is -0.121. The van der Waals surface area contributed by atoms with Crippen LogP contribution < -0.4 is 5.32 Å². The van der Waals surface area contributed by atoms with Crippen molar-refractivity contribution in [3.8, 4) is 0 Å². The quantitative estimate of drug-likeness (QED) is 0.545. The largest absolute Gasteiger partial charge is 0.396 e. The highest BCUT2D eigenvalue weighted by Crippen LogP contribution is 1.76. The first-order valence-corrected chi connectivity index (χ1v) is 3.69. The molecule has 4 nitrogen and oxygen atoms in total. The van der Waals surface area contributed by atoms with E-state index in [1.807, 2.05) is 19.0 Å². The van der Waals surface area contributed by atoms with Crippen LogP contribution in [0.1, 0.15) is 6.42 Å². The van der Waals surface area contributed by atoms with Gasteiger partial charge in [0.25, 0.3) is 0 Å². The molecule has 0 aromatic carbocycles. The molecule has 0 bridgehead atoms. The molecule has 4 heteroatoms. The molecular weight excluding hydrogens is 144 g/mol. The molecule has 66 valence electrons. The topological polar surface area (TPSA) is 52.6 Å². The number of carbonyl (C=O) groups excluding carboxylic acids is 1. The summed E-state index contributed by atoms with van der Waals surface area (Å²) in [5.74, 6) is -0.0886. The van der Waals surface area contributed by atoms with Gasteiger partial charge in [0.1, 0.15) is 0 Å². The van der Waals surface area contributed by atoms with Gasteiger partial charge in [0.2, 0.25) is 5.91 Å². The summed E-state index contributed by atoms with van der Waals surface area (Å²) in [4.78, 5) is 12.7. The molecule has 0 aromatic heterocycles. The number of carbonyl (C=O) groups is 1. The first-order chi connectivity index (χ1) is 5.16. The molecule has 0 rings (SSSR count). The number of rotatable bonds is 5. The number of hydrogen-bond acceptors (Lipinski definition) is 3. The molecule has 0 aliphatic heterocycles. The van der Waals surface area contributed by atoms with Crippen molar-refractivity contribution < 1.29 is 9.90 Å². The van der Waals surface area contributed by atoms with Gasteiger partial charge in [-0.25, -0.2) is 0 Å². The van der Waals surface area contributed by atoms with Crippen LogP contribution in [0.2, 0.25) is 0 Å². The fraction of sp³-hybridized carbons (Fsp3) is 0.857. The summed E-state index contributed by atoms with van der Waals surface area (Å²) in [5, 5.41) is 11.0. The molecule has 1 amide bonds. The molecule has 0 saturated heterocycles. The van der Waals surface area contributed by atoms with Crippen molar-refractivity contribution in [1.82, 2.24) is 10.2 Å². The average molecular weight is 160 g/mol. The van der Waals surface area contributed by atoms with E-state index in [-0.39, 0.29) is 18.9 Å². The Bertz CT molecular complexity index is 115. The van der Waals surface area contributed by atoms with Gasteiger partial charge in [-0.3, -0.25) is 4.79 Å². The Hall–Kier alpha value is -0.610. The van der Waals surface area contributed by atoms with Crippen LogP contribution >= 0.6 is 0 Å². The van der Waals surface area contributed by atoms with Crippen LogP contribution in [-0.4, -0.2) is 49.7 Å². The third kappa shape index (κ3) is 7.29. The number of aliphatic hydroxyl groups is 1. The molecule has 0 atom stereocenters. The maximum Gasteiger partial charge on any atom is 0.222 e. The van der Waals surface area contributed by atoms with Gasteiger partial charge in [-0.15, -0.1) is 0 Å². The van der Waals surface area contributed by atoms with Gasteiger partial charge in [0.05, 0.1) is 6.61 Å². The normalized spacial score (nSPS) is 10.2. The van der Waals surface area contributed by atoms with Gasteiger partial charge in [-0.1, -0.05) is 0 Å². The number of amides is 1. The fourth-order valence-electron chi connectivity index (χ4n) is 0.609. The maximum atomic E-state index is 10.7. The Morgan fingerprint density at radius 1 is 1.55 bits per heavy atom. The van der Waals surface area contributed by atoms with E-state index in [0.717, 1.165) is 6.54 Å². The van der Waals surface area contributed by atoms with Crippen LogP contribution in [0, 0.1) is 0 Å². The number of hydrogen-bond donors (Lipinski definition) is 2. The molecule has 2 N–H and O–H groups in total. The Morgan fingerprint density at radius 2 is 2.18 bits per heavy atom. The number of nitrogens with one attached hydrogen (secondary N) is 1. The van der Waals surface area contributed by atoms with Gasteiger partial charge in [0.15, 0.2) is 0 Å². The highest BCUT2D eigenvalue weighted by Gasteiger charge is 1.97. The minimum absolute atomic E-state index is 0.0756. The predicted octanol–water partition coefficient (Wildman–Crippen LogP) is -0.953. The van der Waals surface area contributed by atoms with Crippen molar-refractivity contribution >= 4 is 5.91 Å². The molecule has 0 fully saturated rings. The molecule has 0 spiro atoms. The van der Waals surface area contributed by atoms with E-state index < -0.39 is 0 Å². The summed E-state index contributed by atoms with van der Waals surface area (Å²) in [6, 6.07) is 0. The summed E-state index contributed by atoms with van der Waals surface area (Å²) < 4.78 is 0. The molecule has 0 heterocycles. The van der Waals surface area contributed by atoms with E-state index >= 15 is 0 Å². The summed E-state index contributed by atoms with van der Waals surface area (Å²) >= 11 is 0. The summed E-state index contributed by atoms with van der Waals surface area (Å²) in [5.41, 5.74) is 0. The van der Waals surface area contributed by atoms with Crippen LogP contribution in [0.25, 0.3) is 0 Å². The second-order valence-electron chi connectivity index (χ2n) is 2.63. The second kappa shape index (κ2) is 6.12. The highest BCUT2D eigenvalue weighted by atomic mass is 16.3. The van der Waals surface area contributed by atoms with Crippen LogP contribution in [0.4, 0.5) is 0 Å². The van der Waals surface area contributed by atoms with E-state index in [2.05, 4.69) is 5.32 Å². The standard InChI is InChI=1S/C7H16N2O2/c1-9(2)5-4-8-7(11)3-6-10/h10H,3-6H2,1-2H3,(H,8,11). The van der Waals surface area contributed by atoms with Crippen molar-refractivity contribution in [2.24, 2.45) is 0 Å². The van der Waals surface area contributed by atoms with E-state index in [9.17, 15) is 4.79 Å². The Morgan fingerprint density at radius 3 is 2.64 bits per heavy atom. The van der Waals surface area contributed by atoms with Crippen LogP contribution in [0.5, 0.6) is 0 Å². The number of likely N-dealkylation sites (N-methyl/N-ethyl adjacent to an activating group) is 1. The average Bonchev–Trinajstić information content (AvgIpc) is 1.87. The first kappa shape index (κ1) is 10.4.